The number of amides is 3. The van der Waals surface area contributed by atoms with Crippen molar-refractivity contribution in [1.29, 1.82) is 0 Å². The first kappa shape index (κ1) is 25.7. The molecule has 4 aromatic rings. The van der Waals surface area contributed by atoms with Crippen LogP contribution in [-0.2, 0) is 11.3 Å². The molecule has 1 aromatic heterocycles. The fourth-order valence-electron chi connectivity index (χ4n) is 5.13. The van der Waals surface area contributed by atoms with Gasteiger partial charge in [-0.15, -0.1) is 10.2 Å². The van der Waals surface area contributed by atoms with Crippen LogP contribution in [0.25, 0.3) is 11.5 Å². The number of hydrogen-bond acceptors (Lipinski definition) is 7. The molecule has 1 saturated heterocycles. The van der Waals surface area contributed by atoms with Gasteiger partial charge in [-0.2, -0.15) is 0 Å². The van der Waals surface area contributed by atoms with Gasteiger partial charge < -0.3 is 14.6 Å². The molecule has 3 amide bonds. The van der Waals surface area contributed by atoms with Crippen molar-refractivity contribution in [1.82, 2.24) is 15.5 Å². The highest BCUT2D eigenvalue weighted by molar-refractivity contribution is 6.37. The Hall–Kier alpha value is -4.57. The number of aromatic nitrogens is 2. The average Bonchev–Trinajstić information content (AvgIpc) is 3.56. The third-order valence-electron chi connectivity index (χ3n) is 7.09. The van der Waals surface area contributed by atoms with Crippen LogP contribution in [0.5, 0.6) is 0 Å². The second kappa shape index (κ2) is 10.5. The van der Waals surface area contributed by atoms with Gasteiger partial charge in [0.05, 0.1) is 40.0 Å². The Kier molecular flexibility index (Phi) is 6.77. The van der Waals surface area contributed by atoms with Gasteiger partial charge in [0.2, 0.25) is 17.7 Å². The number of anilines is 2. The molecule has 0 unspecified atom stereocenters. The Bertz CT molecular complexity index is 1630. The van der Waals surface area contributed by atoms with Gasteiger partial charge in [0, 0.05) is 18.7 Å². The van der Waals surface area contributed by atoms with Crippen LogP contribution in [0.4, 0.5) is 15.8 Å². The van der Waals surface area contributed by atoms with E-state index in [0.717, 1.165) is 23.0 Å². The molecule has 202 valence electrons. The van der Waals surface area contributed by atoms with E-state index < -0.39 is 17.6 Å². The zero-order valence-electron chi connectivity index (χ0n) is 21.1. The first-order valence-electron chi connectivity index (χ1n) is 12.8. The van der Waals surface area contributed by atoms with Crippen LogP contribution in [0.2, 0.25) is 5.02 Å². The molecule has 1 N–H and O–H groups in total. The lowest BCUT2D eigenvalue weighted by Gasteiger charge is -2.34. The molecule has 3 heterocycles. The summed E-state index contributed by atoms with van der Waals surface area (Å²) < 4.78 is 19.4. The minimum Gasteiger partial charge on any atom is -0.419 e. The molecule has 11 heteroatoms. The van der Waals surface area contributed by atoms with E-state index in [1.165, 1.54) is 12.1 Å². The van der Waals surface area contributed by atoms with Crippen LogP contribution < -0.4 is 15.1 Å². The van der Waals surface area contributed by atoms with E-state index in [4.69, 9.17) is 16.0 Å². The lowest BCUT2D eigenvalue weighted by Crippen LogP contribution is -2.43. The van der Waals surface area contributed by atoms with E-state index in [0.29, 0.717) is 37.0 Å². The first-order valence-corrected chi connectivity index (χ1v) is 13.2. The summed E-state index contributed by atoms with van der Waals surface area (Å²) >= 11 is 5.91. The molecule has 9 nitrogen and oxygen atoms in total. The van der Waals surface area contributed by atoms with Crippen LogP contribution >= 0.6 is 11.6 Å². The molecule has 2 aliphatic rings. The van der Waals surface area contributed by atoms with Gasteiger partial charge in [-0.05, 0) is 55.3 Å². The largest absolute Gasteiger partial charge is 0.419 e. The Balaban J connectivity index is 1.16. The van der Waals surface area contributed by atoms with Gasteiger partial charge in [-0.25, -0.2) is 9.29 Å². The smallest absolute Gasteiger partial charge is 0.268 e. The maximum Gasteiger partial charge on any atom is 0.268 e. The van der Waals surface area contributed by atoms with Crippen molar-refractivity contribution in [2.24, 2.45) is 5.92 Å². The van der Waals surface area contributed by atoms with Crippen molar-refractivity contribution in [2.45, 2.75) is 19.4 Å². The summed E-state index contributed by atoms with van der Waals surface area (Å²) in [6.45, 7) is 1.08. The second-order valence-corrected chi connectivity index (χ2v) is 10.0. The van der Waals surface area contributed by atoms with E-state index in [9.17, 15) is 18.8 Å². The Morgan fingerprint density at radius 1 is 1.05 bits per heavy atom. The predicted octanol–water partition coefficient (Wildman–Crippen LogP) is 4.86. The van der Waals surface area contributed by atoms with Gasteiger partial charge in [0.25, 0.3) is 11.8 Å². The normalized spacial score (nSPS) is 16.8. The number of carbonyl (C=O) groups excluding carboxylic acids is 3. The van der Waals surface area contributed by atoms with Crippen molar-refractivity contribution in [3.63, 3.8) is 0 Å². The number of benzene rings is 3. The third kappa shape index (κ3) is 4.71. The zero-order valence-corrected chi connectivity index (χ0v) is 21.9. The van der Waals surface area contributed by atoms with Gasteiger partial charge in [-0.3, -0.25) is 14.4 Å². The number of nitrogens with zero attached hydrogens (tertiary/aromatic N) is 4. The van der Waals surface area contributed by atoms with Gasteiger partial charge in [-0.1, -0.05) is 35.9 Å². The Morgan fingerprint density at radius 2 is 1.88 bits per heavy atom. The molecule has 0 aliphatic carbocycles. The van der Waals surface area contributed by atoms with Crippen molar-refractivity contribution < 1.29 is 23.2 Å². The molecular weight excluding hydrogens is 537 g/mol. The van der Waals surface area contributed by atoms with Crippen LogP contribution in [0, 0.1) is 11.7 Å². The van der Waals surface area contributed by atoms with E-state index >= 15 is 0 Å². The standard InChI is InChI=1S/C29H23ClFN5O4/c30-21-14-19(11-12-22(21)31)36-28(38)20-9-4-10-23(25(20)29(36)39)35-13-5-8-18(16-35)26(37)32-15-24-33-34-27(40-24)17-6-2-1-3-7-17/h1-4,6-7,9-12,14,18H,5,8,13,15-16H2,(H,32,37)/t18-/m1/s1. The quantitative estimate of drug-likeness (QED) is 0.336. The monoisotopic (exact) mass is 559 g/mol. The van der Waals surface area contributed by atoms with E-state index in [1.54, 1.807) is 18.2 Å². The number of carbonyl (C=O) groups is 3. The molecule has 2 aliphatic heterocycles. The molecule has 0 saturated carbocycles. The van der Waals surface area contributed by atoms with Crippen LogP contribution in [0.1, 0.15) is 39.4 Å². The Labute approximate surface area is 233 Å². The molecule has 3 aromatic carbocycles. The van der Waals surface area contributed by atoms with E-state index in [-0.39, 0.29) is 40.2 Å². The lowest BCUT2D eigenvalue weighted by molar-refractivity contribution is -0.125. The first-order chi connectivity index (χ1) is 19.4. The topological polar surface area (TPSA) is 109 Å². The van der Waals surface area contributed by atoms with E-state index in [1.807, 2.05) is 35.2 Å². The number of halogens is 2. The van der Waals surface area contributed by atoms with Crippen molar-refractivity contribution in [2.75, 3.05) is 22.9 Å². The molecule has 40 heavy (non-hydrogen) atoms. The molecule has 0 bridgehead atoms. The highest BCUT2D eigenvalue weighted by Crippen LogP contribution is 2.37. The Morgan fingerprint density at radius 3 is 2.67 bits per heavy atom. The second-order valence-electron chi connectivity index (χ2n) is 9.61. The number of fused-ring (bicyclic) bond motifs is 1. The number of rotatable bonds is 6. The summed E-state index contributed by atoms with van der Waals surface area (Å²) in [4.78, 5) is 42.7. The maximum absolute atomic E-state index is 13.7. The summed E-state index contributed by atoms with van der Waals surface area (Å²) in [5.41, 5.74) is 2.07. The molecule has 0 radical (unpaired) electrons. The summed E-state index contributed by atoms with van der Waals surface area (Å²) in [7, 11) is 0. The van der Waals surface area contributed by atoms with Crippen molar-refractivity contribution in [3.05, 3.63) is 94.6 Å². The number of piperidine rings is 1. The summed E-state index contributed by atoms with van der Waals surface area (Å²) in [5, 5.41) is 10.8. The summed E-state index contributed by atoms with van der Waals surface area (Å²) in [5.74, 6) is -1.51. The summed E-state index contributed by atoms with van der Waals surface area (Å²) in [6, 6.07) is 18.1. The van der Waals surface area contributed by atoms with Crippen molar-refractivity contribution >= 4 is 40.7 Å². The number of imide groups is 1. The van der Waals surface area contributed by atoms with Gasteiger partial charge >= 0.3 is 0 Å². The van der Waals surface area contributed by atoms with Crippen molar-refractivity contribution in [3.8, 4) is 11.5 Å². The lowest BCUT2D eigenvalue weighted by atomic mass is 9.95. The van der Waals surface area contributed by atoms with E-state index in [2.05, 4.69) is 15.5 Å². The van der Waals surface area contributed by atoms with Gasteiger partial charge in [0.15, 0.2) is 0 Å². The molecule has 0 spiro atoms. The fourth-order valence-corrected chi connectivity index (χ4v) is 5.30. The highest BCUT2D eigenvalue weighted by Gasteiger charge is 2.40. The summed E-state index contributed by atoms with van der Waals surface area (Å²) in [6.07, 6.45) is 1.39. The SMILES string of the molecule is O=C(NCc1nnc(-c2ccccc2)o1)[C@@H]1CCCN(c2cccc3c2C(=O)N(c2ccc(F)c(Cl)c2)C3=O)C1. The highest BCUT2D eigenvalue weighted by atomic mass is 35.5. The van der Waals surface area contributed by atoms with Crippen LogP contribution in [0.15, 0.2) is 71.1 Å². The number of hydrogen-bond donors (Lipinski definition) is 1. The minimum atomic E-state index is -0.643. The van der Waals surface area contributed by atoms with Gasteiger partial charge in [0.1, 0.15) is 5.82 Å². The maximum atomic E-state index is 13.7. The number of nitrogens with one attached hydrogen (secondary N) is 1. The minimum absolute atomic E-state index is 0.0953. The fraction of sp³-hybridized carbons (Fsp3) is 0.207. The molecular formula is C29H23ClFN5O4. The average molecular weight is 560 g/mol. The third-order valence-corrected chi connectivity index (χ3v) is 7.38. The van der Waals surface area contributed by atoms with Crippen LogP contribution in [0.3, 0.4) is 0 Å². The molecule has 1 fully saturated rings. The zero-order chi connectivity index (χ0) is 27.8. The molecule has 1 atom stereocenters. The predicted molar refractivity (Wildman–Crippen MR) is 146 cm³/mol. The van der Waals surface area contributed by atoms with Crippen LogP contribution in [-0.4, -0.2) is 41.0 Å². The molecule has 6 rings (SSSR count).